The molecule has 8 nitrogen and oxygen atoms in total. The van der Waals surface area contributed by atoms with Gasteiger partial charge in [0.1, 0.15) is 40.9 Å². The second kappa shape index (κ2) is 6.61. The molecule has 2 heterocycles. The van der Waals surface area contributed by atoms with E-state index in [0.717, 1.165) is 12.1 Å². The van der Waals surface area contributed by atoms with E-state index in [-0.39, 0.29) is 40.0 Å². The summed E-state index contributed by atoms with van der Waals surface area (Å²) in [7, 11) is 0. The SMILES string of the molecule is N#CNC1=NC(c2c(F)cc(I)cc2F)c2c(nc(N)c(C#N)c2N)N1. The van der Waals surface area contributed by atoms with Crippen molar-refractivity contribution >= 4 is 45.9 Å². The molecule has 0 fully saturated rings. The molecule has 11 heteroatoms. The minimum atomic E-state index is -1.26. The second-order valence-corrected chi connectivity index (χ2v) is 6.43. The molecule has 0 bridgehead atoms. The quantitative estimate of drug-likeness (QED) is 0.285. The van der Waals surface area contributed by atoms with Crippen LogP contribution in [0.3, 0.4) is 0 Å². The Morgan fingerprint density at radius 1 is 1.19 bits per heavy atom. The van der Waals surface area contributed by atoms with Crippen molar-refractivity contribution in [3.8, 4) is 12.3 Å². The number of nitrogens with zero attached hydrogens (tertiary/aromatic N) is 4. The molecule has 0 radical (unpaired) electrons. The van der Waals surface area contributed by atoms with E-state index >= 15 is 0 Å². The van der Waals surface area contributed by atoms with Crippen molar-refractivity contribution in [2.45, 2.75) is 6.04 Å². The third-order valence-corrected chi connectivity index (χ3v) is 4.30. The third kappa shape index (κ3) is 2.82. The van der Waals surface area contributed by atoms with E-state index in [4.69, 9.17) is 16.7 Å². The minimum absolute atomic E-state index is 0.0501. The molecule has 2 aromatic rings. The van der Waals surface area contributed by atoms with E-state index in [1.54, 1.807) is 28.8 Å². The largest absolute Gasteiger partial charge is 0.397 e. The van der Waals surface area contributed by atoms with E-state index in [1.165, 1.54) is 0 Å². The molecular formula is C15H9F2IN8. The lowest BCUT2D eigenvalue weighted by molar-refractivity contribution is 0.541. The van der Waals surface area contributed by atoms with E-state index in [1.807, 2.05) is 6.07 Å². The van der Waals surface area contributed by atoms with Gasteiger partial charge in [0.05, 0.1) is 11.3 Å². The Morgan fingerprint density at radius 3 is 2.42 bits per heavy atom. The van der Waals surface area contributed by atoms with Crippen LogP contribution in [-0.2, 0) is 0 Å². The number of fused-ring (bicyclic) bond motifs is 1. The number of halogens is 3. The Hall–Kier alpha value is -3.19. The number of benzene rings is 1. The number of rotatable bonds is 1. The molecule has 3 rings (SSSR count). The highest BCUT2D eigenvalue weighted by Gasteiger charge is 2.33. The van der Waals surface area contributed by atoms with Crippen molar-refractivity contribution in [1.29, 1.82) is 10.5 Å². The van der Waals surface area contributed by atoms with Gasteiger partial charge in [-0.25, -0.2) is 18.8 Å². The highest BCUT2D eigenvalue weighted by molar-refractivity contribution is 14.1. The Kier molecular flexibility index (Phi) is 4.48. The molecule has 1 aliphatic heterocycles. The Morgan fingerprint density at radius 2 is 1.85 bits per heavy atom. The van der Waals surface area contributed by atoms with E-state index in [0.29, 0.717) is 3.57 Å². The highest BCUT2D eigenvalue weighted by Crippen LogP contribution is 2.42. The number of hydrogen-bond donors (Lipinski definition) is 4. The van der Waals surface area contributed by atoms with Crippen molar-refractivity contribution in [3.05, 3.63) is 44.0 Å². The number of aromatic nitrogens is 1. The Labute approximate surface area is 159 Å². The fourth-order valence-corrected chi connectivity index (χ4v) is 3.15. The molecular weight excluding hydrogens is 457 g/mol. The molecule has 0 saturated carbocycles. The smallest absolute Gasteiger partial charge is 0.211 e. The van der Waals surface area contributed by atoms with Gasteiger partial charge in [0.2, 0.25) is 5.96 Å². The van der Waals surface area contributed by atoms with Crippen molar-refractivity contribution in [2.24, 2.45) is 4.99 Å². The number of anilines is 3. The van der Waals surface area contributed by atoms with Crippen molar-refractivity contribution in [3.63, 3.8) is 0 Å². The van der Waals surface area contributed by atoms with E-state index in [9.17, 15) is 14.0 Å². The molecule has 1 aromatic carbocycles. The molecule has 0 saturated heterocycles. The summed E-state index contributed by atoms with van der Waals surface area (Å²) in [6, 6.07) is 2.83. The van der Waals surface area contributed by atoms with Crippen LogP contribution < -0.4 is 22.1 Å². The number of aliphatic imine (C=N–C) groups is 1. The maximum Gasteiger partial charge on any atom is 0.211 e. The van der Waals surface area contributed by atoms with Gasteiger partial charge < -0.3 is 16.8 Å². The monoisotopic (exact) mass is 466 g/mol. The molecule has 1 aromatic heterocycles. The van der Waals surface area contributed by atoms with Gasteiger partial charge in [0.25, 0.3) is 0 Å². The lowest BCUT2D eigenvalue weighted by Gasteiger charge is -2.26. The summed E-state index contributed by atoms with van der Waals surface area (Å²) in [5.41, 5.74) is 11.2. The van der Waals surface area contributed by atoms with Crippen LogP contribution in [0.1, 0.15) is 22.7 Å². The normalized spacial score (nSPS) is 15.1. The maximum absolute atomic E-state index is 14.5. The van der Waals surface area contributed by atoms with Crippen LogP contribution in [0.2, 0.25) is 0 Å². The van der Waals surface area contributed by atoms with Crippen LogP contribution in [0.4, 0.5) is 26.1 Å². The predicted molar refractivity (Wildman–Crippen MR) is 98.5 cm³/mol. The lowest BCUT2D eigenvalue weighted by atomic mass is 9.94. The van der Waals surface area contributed by atoms with Gasteiger partial charge in [0, 0.05) is 9.13 Å². The summed E-state index contributed by atoms with van der Waals surface area (Å²) in [5, 5.41) is 23.0. The average Bonchev–Trinajstić information content (AvgIpc) is 2.54. The van der Waals surface area contributed by atoms with Crippen molar-refractivity contribution < 1.29 is 8.78 Å². The molecule has 130 valence electrons. The number of nitriles is 2. The first kappa shape index (κ1) is 17.6. The van der Waals surface area contributed by atoms with Crippen LogP contribution in [-0.4, -0.2) is 10.9 Å². The molecule has 1 aliphatic rings. The number of pyridine rings is 1. The summed E-state index contributed by atoms with van der Waals surface area (Å²) in [6.45, 7) is 0. The van der Waals surface area contributed by atoms with Gasteiger partial charge >= 0.3 is 0 Å². The summed E-state index contributed by atoms with van der Waals surface area (Å²) >= 11 is 1.78. The fourth-order valence-electron chi connectivity index (χ4n) is 2.60. The number of guanidine groups is 1. The molecule has 0 spiro atoms. The summed E-state index contributed by atoms with van der Waals surface area (Å²) in [4.78, 5) is 8.14. The number of hydrogen-bond acceptors (Lipinski definition) is 8. The lowest BCUT2D eigenvalue weighted by Crippen LogP contribution is -2.33. The molecule has 26 heavy (non-hydrogen) atoms. The van der Waals surface area contributed by atoms with Crippen LogP contribution in [0.25, 0.3) is 0 Å². The maximum atomic E-state index is 14.5. The van der Waals surface area contributed by atoms with Gasteiger partial charge in [0.15, 0.2) is 6.19 Å². The standard InChI is InChI=1S/C15H9F2IN8/c16-7-1-5(18)2-8(17)9(7)12-10-11(21)6(3-19)13(22)25-14(10)26-15(24-12)23-4-20/h1-2,12H,(H6,21,22,23,24,25,26). The topological polar surface area (TPSA) is 149 Å². The van der Waals surface area contributed by atoms with Crippen LogP contribution in [0.15, 0.2) is 17.1 Å². The van der Waals surface area contributed by atoms with E-state index < -0.39 is 17.7 Å². The molecule has 1 unspecified atom stereocenters. The van der Waals surface area contributed by atoms with Crippen LogP contribution in [0, 0.1) is 38.0 Å². The minimum Gasteiger partial charge on any atom is -0.397 e. The van der Waals surface area contributed by atoms with Crippen molar-refractivity contribution in [1.82, 2.24) is 10.3 Å². The van der Waals surface area contributed by atoms with Crippen LogP contribution in [0.5, 0.6) is 0 Å². The summed E-state index contributed by atoms with van der Waals surface area (Å²) in [6.07, 6.45) is 1.66. The zero-order valence-corrected chi connectivity index (χ0v) is 15.0. The first-order chi connectivity index (χ1) is 12.4. The first-order valence-electron chi connectivity index (χ1n) is 7.00. The second-order valence-electron chi connectivity index (χ2n) is 5.18. The highest BCUT2D eigenvalue weighted by atomic mass is 127. The van der Waals surface area contributed by atoms with Gasteiger partial charge in [-0.2, -0.15) is 10.5 Å². The average molecular weight is 466 g/mol. The van der Waals surface area contributed by atoms with E-state index in [2.05, 4.69) is 20.6 Å². The number of nitrogen functional groups attached to an aromatic ring is 2. The fraction of sp³-hybridized carbons (Fsp3) is 0.0667. The molecule has 0 aliphatic carbocycles. The number of nitrogens with two attached hydrogens (primary N) is 2. The summed E-state index contributed by atoms with van der Waals surface area (Å²) < 4.78 is 29.4. The predicted octanol–water partition coefficient (Wildman–Crippen LogP) is 1.94. The Balaban J connectivity index is 2.33. The van der Waals surface area contributed by atoms with Crippen molar-refractivity contribution in [2.75, 3.05) is 16.8 Å². The van der Waals surface area contributed by atoms with Gasteiger partial charge in [-0.15, -0.1) is 0 Å². The van der Waals surface area contributed by atoms with Gasteiger partial charge in [-0.3, -0.25) is 5.32 Å². The Bertz CT molecular complexity index is 1010. The summed E-state index contributed by atoms with van der Waals surface area (Å²) in [5.74, 6) is -1.88. The molecule has 6 N–H and O–H groups in total. The zero-order chi connectivity index (χ0) is 19.0. The molecule has 1 atom stereocenters. The number of nitrogens with one attached hydrogen (secondary N) is 2. The zero-order valence-electron chi connectivity index (χ0n) is 12.8. The van der Waals surface area contributed by atoms with Gasteiger partial charge in [-0.05, 0) is 34.7 Å². The van der Waals surface area contributed by atoms with Gasteiger partial charge in [-0.1, -0.05) is 0 Å². The van der Waals surface area contributed by atoms with Crippen LogP contribution >= 0.6 is 22.6 Å². The third-order valence-electron chi connectivity index (χ3n) is 3.67. The first-order valence-corrected chi connectivity index (χ1v) is 8.08. The molecule has 0 amide bonds.